The summed E-state index contributed by atoms with van der Waals surface area (Å²) < 4.78 is 39.2. The number of rotatable bonds is 5. The molecule has 0 N–H and O–H groups in total. The Bertz CT molecular complexity index is 651. The van der Waals surface area contributed by atoms with E-state index in [1.807, 2.05) is 6.92 Å². The number of hydrogen-bond acceptors (Lipinski definition) is 4. The summed E-state index contributed by atoms with van der Waals surface area (Å²) in [4.78, 5) is 17.6. The van der Waals surface area contributed by atoms with Gasteiger partial charge in [-0.15, -0.1) is 0 Å². The summed E-state index contributed by atoms with van der Waals surface area (Å²) in [6.07, 6.45) is 4.40. The molecule has 0 unspecified atom stereocenters. The van der Waals surface area contributed by atoms with Crippen LogP contribution in [0, 0.1) is 5.82 Å². The zero-order chi connectivity index (χ0) is 16.9. The van der Waals surface area contributed by atoms with Gasteiger partial charge >= 0.3 is 0 Å². The van der Waals surface area contributed by atoms with Crippen molar-refractivity contribution in [1.29, 1.82) is 0 Å². The van der Waals surface area contributed by atoms with E-state index < -0.39 is 15.8 Å². The smallest absolute Gasteiger partial charge is 0.255 e. The van der Waals surface area contributed by atoms with E-state index in [0.717, 1.165) is 18.7 Å². The van der Waals surface area contributed by atoms with Crippen molar-refractivity contribution in [2.45, 2.75) is 26.2 Å². The molecule has 1 fully saturated rings. The normalized spacial score (nSPS) is 17.0. The topological polar surface area (TPSA) is 70.6 Å². The molecule has 1 amide bonds. The summed E-state index contributed by atoms with van der Waals surface area (Å²) in [6, 6.07) is 1.15. The number of carbonyl (C=O) groups is 1. The van der Waals surface area contributed by atoms with Crippen LogP contribution < -0.4 is 0 Å². The molecule has 6 nitrogen and oxygen atoms in total. The van der Waals surface area contributed by atoms with Crippen LogP contribution in [0.4, 0.5) is 4.39 Å². The van der Waals surface area contributed by atoms with Crippen molar-refractivity contribution < 1.29 is 17.6 Å². The highest BCUT2D eigenvalue weighted by Crippen LogP contribution is 2.13. The van der Waals surface area contributed by atoms with E-state index in [1.54, 1.807) is 4.90 Å². The number of hydrogen-bond donors (Lipinski definition) is 0. The molecule has 0 spiro atoms. The fraction of sp³-hybridized carbons (Fsp3) is 0.600. The molecule has 0 aromatic carbocycles. The van der Waals surface area contributed by atoms with E-state index in [4.69, 9.17) is 0 Å². The van der Waals surface area contributed by atoms with Crippen molar-refractivity contribution in [3.8, 4) is 0 Å². The van der Waals surface area contributed by atoms with Gasteiger partial charge in [0.1, 0.15) is 5.82 Å². The molecular formula is C15H22FN3O3S. The summed E-state index contributed by atoms with van der Waals surface area (Å²) in [5, 5.41) is 0. The molecule has 23 heavy (non-hydrogen) atoms. The lowest BCUT2D eigenvalue weighted by Crippen LogP contribution is -2.38. The van der Waals surface area contributed by atoms with Crippen molar-refractivity contribution >= 4 is 15.9 Å². The minimum Gasteiger partial charge on any atom is -0.337 e. The summed E-state index contributed by atoms with van der Waals surface area (Å²) in [5.41, 5.74) is 0.187. The first-order valence-corrected chi connectivity index (χ1v) is 9.42. The number of aromatic nitrogens is 1. The van der Waals surface area contributed by atoms with Crippen LogP contribution in [0.1, 0.15) is 36.5 Å². The third kappa shape index (κ3) is 4.71. The van der Waals surface area contributed by atoms with Gasteiger partial charge in [0.2, 0.25) is 10.0 Å². The number of unbranched alkanes of at least 4 members (excludes halogenated alkanes) is 1. The Labute approximate surface area is 136 Å². The van der Waals surface area contributed by atoms with Crippen molar-refractivity contribution in [3.05, 3.63) is 29.8 Å². The van der Waals surface area contributed by atoms with Gasteiger partial charge in [-0.2, -0.15) is 0 Å². The van der Waals surface area contributed by atoms with Gasteiger partial charge < -0.3 is 4.90 Å². The predicted octanol–water partition coefficient (Wildman–Crippen LogP) is 1.50. The molecule has 0 atom stereocenters. The zero-order valence-corrected chi connectivity index (χ0v) is 14.1. The second-order valence-corrected chi connectivity index (χ2v) is 7.69. The molecule has 0 aliphatic carbocycles. The van der Waals surface area contributed by atoms with Crippen molar-refractivity contribution in [2.24, 2.45) is 0 Å². The van der Waals surface area contributed by atoms with Gasteiger partial charge in [0.05, 0.1) is 17.5 Å². The number of halogens is 1. The molecule has 2 rings (SSSR count). The molecule has 1 aromatic rings. The highest BCUT2D eigenvalue weighted by molar-refractivity contribution is 7.89. The molecule has 1 aromatic heterocycles. The largest absolute Gasteiger partial charge is 0.337 e. The highest BCUT2D eigenvalue weighted by atomic mass is 32.2. The Kier molecular flexibility index (Phi) is 6.06. The van der Waals surface area contributed by atoms with Crippen LogP contribution in [-0.4, -0.2) is 60.4 Å². The standard InChI is InChI=1S/C15H22FN3O3S/c1-2-3-9-23(21,22)19-6-4-5-18(7-8-19)15(20)13-10-14(16)12-17-11-13/h10-12H,2-9H2,1H3. The summed E-state index contributed by atoms with van der Waals surface area (Å²) in [7, 11) is -3.27. The summed E-state index contributed by atoms with van der Waals surface area (Å²) in [5.74, 6) is -0.732. The minimum atomic E-state index is -3.27. The minimum absolute atomic E-state index is 0.144. The van der Waals surface area contributed by atoms with Gasteiger partial charge in [-0.3, -0.25) is 9.78 Å². The lowest BCUT2D eigenvalue weighted by molar-refractivity contribution is 0.0763. The van der Waals surface area contributed by atoms with Crippen LogP contribution in [0.5, 0.6) is 0 Å². The number of sulfonamides is 1. The lowest BCUT2D eigenvalue weighted by atomic mass is 10.2. The van der Waals surface area contributed by atoms with Crippen LogP contribution >= 0.6 is 0 Å². The SMILES string of the molecule is CCCCS(=O)(=O)N1CCCN(C(=O)c2cncc(F)c2)CC1. The van der Waals surface area contributed by atoms with Crippen LogP contribution in [0.15, 0.2) is 18.5 Å². The molecule has 128 valence electrons. The first kappa shape index (κ1) is 17.8. The number of pyridine rings is 1. The molecule has 8 heteroatoms. The van der Waals surface area contributed by atoms with Crippen molar-refractivity contribution in [2.75, 3.05) is 31.9 Å². The van der Waals surface area contributed by atoms with Gasteiger partial charge in [-0.05, 0) is 18.9 Å². The molecule has 2 heterocycles. The Hall–Kier alpha value is -1.54. The van der Waals surface area contributed by atoms with Crippen molar-refractivity contribution in [1.82, 2.24) is 14.2 Å². The summed E-state index contributed by atoms with van der Waals surface area (Å²) in [6.45, 7) is 3.40. The Morgan fingerprint density at radius 3 is 2.74 bits per heavy atom. The average molecular weight is 343 g/mol. The quantitative estimate of drug-likeness (QED) is 0.812. The van der Waals surface area contributed by atoms with E-state index in [2.05, 4.69) is 4.98 Å². The maximum atomic E-state index is 13.2. The fourth-order valence-electron chi connectivity index (χ4n) is 2.54. The first-order chi connectivity index (χ1) is 10.9. The van der Waals surface area contributed by atoms with Gasteiger partial charge in [0.15, 0.2) is 0 Å². The van der Waals surface area contributed by atoms with Crippen molar-refractivity contribution in [3.63, 3.8) is 0 Å². The molecule has 1 saturated heterocycles. The van der Waals surface area contributed by atoms with Gasteiger partial charge in [-0.1, -0.05) is 13.3 Å². The van der Waals surface area contributed by atoms with Crippen LogP contribution in [0.3, 0.4) is 0 Å². The second-order valence-electron chi connectivity index (χ2n) is 5.61. The van der Waals surface area contributed by atoms with Crippen LogP contribution in [0.2, 0.25) is 0 Å². The van der Waals surface area contributed by atoms with Crippen LogP contribution in [-0.2, 0) is 10.0 Å². The average Bonchev–Trinajstić information content (AvgIpc) is 2.79. The highest BCUT2D eigenvalue weighted by Gasteiger charge is 2.26. The molecular weight excluding hydrogens is 321 g/mol. The second kappa shape index (κ2) is 7.83. The first-order valence-electron chi connectivity index (χ1n) is 7.81. The Morgan fingerprint density at radius 2 is 2.04 bits per heavy atom. The van der Waals surface area contributed by atoms with Crippen LogP contribution in [0.25, 0.3) is 0 Å². The fourth-order valence-corrected chi connectivity index (χ4v) is 4.22. The summed E-state index contributed by atoms with van der Waals surface area (Å²) >= 11 is 0. The Balaban J connectivity index is 2.02. The molecule has 1 aliphatic rings. The molecule has 0 bridgehead atoms. The van der Waals surface area contributed by atoms with E-state index in [0.29, 0.717) is 32.5 Å². The van der Waals surface area contributed by atoms with E-state index >= 15 is 0 Å². The van der Waals surface area contributed by atoms with E-state index in [-0.39, 0.29) is 23.8 Å². The third-order valence-electron chi connectivity index (χ3n) is 3.84. The number of nitrogens with zero attached hydrogens (tertiary/aromatic N) is 3. The zero-order valence-electron chi connectivity index (χ0n) is 13.2. The number of carbonyl (C=O) groups excluding carboxylic acids is 1. The van der Waals surface area contributed by atoms with E-state index in [9.17, 15) is 17.6 Å². The Morgan fingerprint density at radius 1 is 1.26 bits per heavy atom. The third-order valence-corrected chi connectivity index (χ3v) is 5.80. The monoisotopic (exact) mass is 343 g/mol. The van der Waals surface area contributed by atoms with Gasteiger partial charge in [0, 0.05) is 32.4 Å². The van der Waals surface area contributed by atoms with Gasteiger partial charge in [-0.25, -0.2) is 17.1 Å². The lowest BCUT2D eigenvalue weighted by Gasteiger charge is -2.22. The maximum Gasteiger partial charge on any atom is 0.255 e. The maximum absolute atomic E-state index is 13.2. The van der Waals surface area contributed by atoms with Gasteiger partial charge in [0.25, 0.3) is 5.91 Å². The molecule has 0 radical (unpaired) electrons. The predicted molar refractivity (Wildman–Crippen MR) is 85.0 cm³/mol. The molecule has 1 aliphatic heterocycles. The number of amides is 1. The van der Waals surface area contributed by atoms with E-state index in [1.165, 1.54) is 10.5 Å². The molecule has 0 saturated carbocycles.